The van der Waals surface area contributed by atoms with Crippen molar-refractivity contribution < 1.29 is 23.8 Å². The minimum atomic E-state index is -0.502. The molecule has 1 saturated carbocycles. The van der Waals surface area contributed by atoms with Gasteiger partial charge in [-0.15, -0.1) is 0 Å². The maximum Gasteiger partial charge on any atom is 0.254 e. The van der Waals surface area contributed by atoms with Crippen LogP contribution in [0.15, 0.2) is 85.1 Å². The summed E-state index contributed by atoms with van der Waals surface area (Å²) >= 11 is 0. The molecule has 1 aliphatic heterocycles. The summed E-state index contributed by atoms with van der Waals surface area (Å²) in [4.78, 5) is 31.9. The third-order valence-electron chi connectivity index (χ3n) is 8.14. The van der Waals surface area contributed by atoms with Crippen molar-refractivity contribution in [3.05, 3.63) is 102 Å². The first-order valence-electron chi connectivity index (χ1n) is 14.9. The topological polar surface area (TPSA) is 73.2 Å². The van der Waals surface area contributed by atoms with E-state index < -0.39 is 6.04 Å². The smallest absolute Gasteiger partial charge is 0.254 e. The molecule has 2 amide bonds. The molecule has 3 aromatic carbocycles. The van der Waals surface area contributed by atoms with Crippen LogP contribution in [0.3, 0.4) is 0 Å². The van der Waals surface area contributed by atoms with E-state index >= 15 is 0 Å². The lowest BCUT2D eigenvalue weighted by Crippen LogP contribution is -2.47. The summed E-state index contributed by atoms with van der Waals surface area (Å²) in [5.74, 6) is 1.72. The van der Waals surface area contributed by atoms with E-state index in [1.54, 1.807) is 31.3 Å². The van der Waals surface area contributed by atoms with E-state index in [2.05, 4.69) is 11.5 Å². The number of nitrogens with zero attached hydrogens (tertiary/aromatic N) is 3. The van der Waals surface area contributed by atoms with Gasteiger partial charge in [0.15, 0.2) is 0 Å². The van der Waals surface area contributed by atoms with E-state index in [1.165, 1.54) is 0 Å². The minimum Gasteiger partial charge on any atom is -0.497 e. The largest absolute Gasteiger partial charge is 0.497 e. The number of hydrogen-bond donors (Lipinski definition) is 0. The predicted molar refractivity (Wildman–Crippen MR) is 166 cm³/mol. The second-order valence-electron chi connectivity index (χ2n) is 11.0. The SMILES string of the molecule is CCCCOc1ccc(C(=O)N(CC(=O)N2c3ccccc3-n3cccc3C2c2cc(OC)ccc2OC)C2CC2)cc1. The van der Waals surface area contributed by atoms with Crippen molar-refractivity contribution in [1.29, 1.82) is 0 Å². The van der Waals surface area contributed by atoms with Crippen LogP contribution in [0.2, 0.25) is 0 Å². The Hall–Kier alpha value is -4.72. The maximum atomic E-state index is 14.5. The van der Waals surface area contributed by atoms with E-state index in [0.29, 0.717) is 23.7 Å². The van der Waals surface area contributed by atoms with E-state index in [4.69, 9.17) is 14.2 Å². The number of benzene rings is 3. The van der Waals surface area contributed by atoms with Crippen LogP contribution in [0, 0.1) is 0 Å². The highest BCUT2D eigenvalue weighted by Crippen LogP contribution is 2.45. The Bertz CT molecular complexity index is 1610. The quantitative estimate of drug-likeness (QED) is 0.192. The van der Waals surface area contributed by atoms with Gasteiger partial charge in [0, 0.05) is 23.4 Å². The van der Waals surface area contributed by atoms with Crippen molar-refractivity contribution in [2.75, 3.05) is 32.3 Å². The lowest BCUT2D eigenvalue weighted by molar-refractivity contribution is -0.119. The van der Waals surface area contributed by atoms with Gasteiger partial charge < -0.3 is 23.7 Å². The molecular formula is C35H37N3O5. The molecule has 43 heavy (non-hydrogen) atoms. The summed E-state index contributed by atoms with van der Waals surface area (Å²) in [6, 6.07) is 24.3. The first-order chi connectivity index (χ1) is 21.0. The van der Waals surface area contributed by atoms with Crippen molar-refractivity contribution in [2.45, 2.75) is 44.7 Å². The van der Waals surface area contributed by atoms with E-state index in [-0.39, 0.29) is 24.4 Å². The number of ether oxygens (including phenoxy) is 3. The molecule has 0 radical (unpaired) electrons. The molecule has 6 rings (SSSR count). The van der Waals surface area contributed by atoms with Gasteiger partial charge in [-0.3, -0.25) is 14.5 Å². The molecule has 1 unspecified atom stereocenters. The molecule has 8 nitrogen and oxygen atoms in total. The zero-order chi connectivity index (χ0) is 29.9. The lowest BCUT2D eigenvalue weighted by atomic mass is 9.96. The summed E-state index contributed by atoms with van der Waals surface area (Å²) in [7, 11) is 3.25. The van der Waals surface area contributed by atoms with Crippen LogP contribution in [0.25, 0.3) is 5.69 Å². The fourth-order valence-electron chi connectivity index (χ4n) is 5.78. The standard InChI is InChI=1S/C35H37N3O5/c1-4-5-21-43-26-16-12-24(13-17-26)35(40)37(25-14-15-25)23-33(39)38-30-10-7-6-9-29(30)36-20-8-11-31(36)34(38)28-22-27(41-2)18-19-32(28)42-3/h6-13,16-20,22,25,34H,4-5,14-15,21,23H2,1-3H3. The number of para-hydroxylation sites is 2. The number of fused-ring (bicyclic) bond motifs is 3. The fourth-order valence-corrected chi connectivity index (χ4v) is 5.78. The van der Waals surface area contributed by atoms with Crippen LogP contribution >= 0.6 is 0 Å². The minimum absolute atomic E-state index is 0.0330. The van der Waals surface area contributed by atoms with Gasteiger partial charge in [-0.2, -0.15) is 0 Å². The molecule has 222 valence electrons. The average Bonchev–Trinajstić information content (AvgIpc) is 3.77. The van der Waals surface area contributed by atoms with Crippen LogP contribution in [0.4, 0.5) is 5.69 Å². The van der Waals surface area contributed by atoms with Gasteiger partial charge in [0.1, 0.15) is 29.8 Å². The molecular weight excluding hydrogens is 542 g/mol. The van der Waals surface area contributed by atoms with Gasteiger partial charge in [-0.1, -0.05) is 25.5 Å². The first-order valence-corrected chi connectivity index (χ1v) is 14.9. The number of unbranched alkanes of at least 4 members (excludes halogenated alkanes) is 1. The molecule has 0 bridgehead atoms. The molecule has 0 N–H and O–H groups in total. The summed E-state index contributed by atoms with van der Waals surface area (Å²) in [5.41, 5.74) is 3.93. The van der Waals surface area contributed by atoms with Gasteiger partial charge in [0.05, 0.1) is 37.9 Å². The number of carbonyl (C=O) groups excluding carboxylic acids is 2. The van der Waals surface area contributed by atoms with Crippen LogP contribution in [0.5, 0.6) is 17.2 Å². The second kappa shape index (κ2) is 12.3. The highest BCUT2D eigenvalue weighted by atomic mass is 16.5. The molecule has 1 aliphatic carbocycles. The molecule has 1 fully saturated rings. The van der Waals surface area contributed by atoms with Crippen molar-refractivity contribution in [1.82, 2.24) is 9.47 Å². The van der Waals surface area contributed by atoms with Crippen LogP contribution < -0.4 is 19.1 Å². The van der Waals surface area contributed by atoms with Gasteiger partial charge in [0.25, 0.3) is 5.91 Å². The highest BCUT2D eigenvalue weighted by Gasteiger charge is 2.41. The van der Waals surface area contributed by atoms with Crippen molar-refractivity contribution in [2.24, 2.45) is 0 Å². The number of carbonyl (C=O) groups is 2. The Morgan fingerprint density at radius 1 is 0.884 bits per heavy atom. The van der Waals surface area contributed by atoms with Gasteiger partial charge in [-0.25, -0.2) is 0 Å². The Labute approximate surface area is 252 Å². The normalized spacial score (nSPS) is 15.3. The molecule has 0 spiro atoms. The molecule has 2 aliphatic rings. The summed E-state index contributed by atoms with van der Waals surface area (Å²) in [6.07, 6.45) is 5.80. The van der Waals surface area contributed by atoms with Crippen molar-refractivity contribution >= 4 is 17.5 Å². The van der Waals surface area contributed by atoms with E-state index in [1.807, 2.05) is 77.8 Å². The molecule has 8 heteroatoms. The third-order valence-corrected chi connectivity index (χ3v) is 8.14. The summed E-state index contributed by atoms with van der Waals surface area (Å²) in [6.45, 7) is 2.72. The number of aromatic nitrogens is 1. The molecule has 2 heterocycles. The van der Waals surface area contributed by atoms with E-state index in [9.17, 15) is 9.59 Å². The number of anilines is 1. The Balaban J connectivity index is 1.35. The number of methoxy groups -OCH3 is 2. The van der Waals surface area contributed by atoms with Crippen LogP contribution in [-0.4, -0.2) is 54.7 Å². The van der Waals surface area contributed by atoms with Crippen LogP contribution in [0.1, 0.15) is 60.3 Å². The first kappa shape index (κ1) is 28.4. The summed E-state index contributed by atoms with van der Waals surface area (Å²) in [5, 5.41) is 0. The van der Waals surface area contributed by atoms with Crippen LogP contribution in [-0.2, 0) is 4.79 Å². The Morgan fingerprint density at radius 2 is 1.63 bits per heavy atom. The van der Waals surface area contributed by atoms with E-state index in [0.717, 1.165) is 54.1 Å². The molecule has 1 atom stereocenters. The fraction of sp³-hybridized carbons (Fsp3) is 0.314. The third kappa shape index (κ3) is 5.57. The number of rotatable bonds is 11. The van der Waals surface area contributed by atoms with Gasteiger partial charge in [0.2, 0.25) is 5.91 Å². The zero-order valence-corrected chi connectivity index (χ0v) is 24.9. The maximum absolute atomic E-state index is 14.5. The van der Waals surface area contributed by atoms with Crippen molar-refractivity contribution in [3.8, 4) is 22.9 Å². The molecule has 0 saturated heterocycles. The Morgan fingerprint density at radius 3 is 2.33 bits per heavy atom. The monoisotopic (exact) mass is 579 g/mol. The number of amides is 2. The van der Waals surface area contributed by atoms with Gasteiger partial charge >= 0.3 is 0 Å². The van der Waals surface area contributed by atoms with Crippen molar-refractivity contribution in [3.63, 3.8) is 0 Å². The lowest BCUT2D eigenvalue weighted by Gasteiger charge is -2.40. The predicted octanol–water partition coefficient (Wildman–Crippen LogP) is 6.41. The molecule has 4 aromatic rings. The molecule has 1 aromatic heterocycles. The zero-order valence-electron chi connectivity index (χ0n) is 24.9. The Kier molecular flexibility index (Phi) is 8.09. The number of hydrogen-bond acceptors (Lipinski definition) is 5. The second-order valence-corrected chi connectivity index (χ2v) is 11.0. The average molecular weight is 580 g/mol. The summed E-state index contributed by atoms with van der Waals surface area (Å²) < 4.78 is 19.3. The van der Waals surface area contributed by atoms with Gasteiger partial charge in [-0.05, 0) is 86.0 Å². The highest BCUT2D eigenvalue weighted by molar-refractivity contribution is 6.03.